The SMILES string of the molecule is COc1ccc(C(O)CN(C)C(=O)C(Cc2ccco2)c2ccc(F)cc2)cc1. The number of likely N-dealkylation sites (N-methyl/N-ethyl adjacent to an activating group) is 1. The summed E-state index contributed by atoms with van der Waals surface area (Å²) in [5.41, 5.74) is 1.38. The fraction of sp³-hybridized carbons (Fsp3) is 0.261. The number of benzene rings is 2. The molecule has 0 aliphatic rings. The molecule has 0 spiro atoms. The Hall–Kier alpha value is -3.12. The Kier molecular flexibility index (Phi) is 6.67. The summed E-state index contributed by atoms with van der Waals surface area (Å²) in [5.74, 6) is 0.272. The number of ether oxygens (including phenoxy) is 1. The van der Waals surface area contributed by atoms with E-state index >= 15 is 0 Å². The topological polar surface area (TPSA) is 62.9 Å². The molecule has 1 aromatic heterocycles. The Morgan fingerprint density at radius 3 is 2.34 bits per heavy atom. The van der Waals surface area contributed by atoms with Crippen LogP contribution in [0.2, 0.25) is 0 Å². The normalized spacial score (nSPS) is 13.0. The Bertz CT molecular complexity index is 907. The van der Waals surface area contributed by atoms with Crippen LogP contribution < -0.4 is 4.74 Å². The summed E-state index contributed by atoms with van der Waals surface area (Å²) in [6, 6.07) is 16.5. The number of carbonyl (C=O) groups is 1. The molecule has 0 saturated carbocycles. The summed E-state index contributed by atoms with van der Waals surface area (Å²) in [5, 5.41) is 10.5. The van der Waals surface area contributed by atoms with Gasteiger partial charge in [-0.15, -0.1) is 0 Å². The first-order chi connectivity index (χ1) is 14.0. The molecular weight excluding hydrogens is 373 g/mol. The van der Waals surface area contributed by atoms with Crippen molar-refractivity contribution in [3.05, 3.63) is 89.6 Å². The summed E-state index contributed by atoms with van der Waals surface area (Å²) < 4.78 is 23.9. The van der Waals surface area contributed by atoms with Gasteiger partial charge in [-0.25, -0.2) is 4.39 Å². The summed E-state index contributed by atoms with van der Waals surface area (Å²) in [7, 11) is 3.22. The monoisotopic (exact) mass is 397 g/mol. The molecule has 1 N–H and O–H groups in total. The summed E-state index contributed by atoms with van der Waals surface area (Å²) in [6.45, 7) is 0.126. The van der Waals surface area contributed by atoms with E-state index < -0.39 is 12.0 Å². The van der Waals surface area contributed by atoms with Crippen molar-refractivity contribution in [1.29, 1.82) is 0 Å². The highest BCUT2D eigenvalue weighted by atomic mass is 19.1. The van der Waals surface area contributed by atoms with Gasteiger partial charge in [0.25, 0.3) is 0 Å². The number of nitrogens with zero attached hydrogens (tertiary/aromatic N) is 1. The fourth-order valence-electron chi connectivity index (χ4n) is 3.22. The molecule has 1 heterocycles. The molecule has 6 heteroatoms. The first-order valence-electron chi connectivity index (χ1n) is 9.32. The summed E-state index contributed by atoms with van der Waals surface area (Å²) in [6.07, 6.45) is 1.06. The molecule has 2 atom stereocenters. The van der Waals surface area contributed by atoms with Crippen LogP contribution in [0.15, 0.2) is 71.3 Å². The van der Waals surface area contributed by atoms with E-state index in [9.17, 15) is 14.3 Å². The number of aliphatic hydroxyl groups is 1. The molecule has 29 heavy (non-hydrogen) atoms. The van der Waals surface area contributed by atoms with Gasteiger partial charge >= 0.3 is 0 Å². The van der Waals surface area contributed by atoms with Crippen LogP contribution in [-0.4, -0.2) is 36.6 Å². The minimum Gasteiger partial charge on any atom is -0.497 e. The van der Waals surface area contributed by atoms with Crippen molar-refractivity contribution >= 4 is 5.91 Å². The van der Waals surface area contributed by atoms with Crippen molar-refractivity contribution in [3.63, 3.8) is 0 Å². The molecule has 0 fully saturated rings. The second kappa shape index (κ2) is 9.39. The van der Waals surface area contributed by atoms with Crippen molar-refractivity contribution < 1.29 is 23.4 Å². The zero-order valence-electron chi connectivity index (χ0n) is 16.4. The van der Waals surface area contributed by atoms with Gasteiger partial charge in [0.05, 0.1) is 31.9 Å². The average Bonchev–Trinajstić information content (AvgIpc) is 3.25. The van der Waals surface area contributed by atoms with Crippen molar-refractivity contribution in [2.75, 3.05) is 20.7 Å². The molecular formula is C23H24FNO4. The maximum atomic E-state index is 13.3. The van der Waals surface area contributed by atoms with E-state index in [2.05, 4.69) is 0 Å². The highest BCUT2D eigenvalue weighted by Crippen LogP contribution is 2.25. The van der Waals surface area contributed by atoms with E-state index in [0.717, 1.165) is 0 Å². The molecule has 3 aromatic rings. The van der Waals surface area contributed by atoms with Crippen LogP contribution in [-0.2, 0) is 11.2 Å². The summed E-state index contributed by atoms with van der Waals surface area (Å²) >= 11 is 0. The molecule has 0 aliphatic heterocycles. The van der Waals surface area contributed by atoms with E-state index in [4.69, 9.17) is 9.15 Å². The van der Waals surface area contributed by atoms with Crippen molar-refractivity contribution in [1.82, 2.24) is 4.90 Å². The highest BCUT2D eigenvalue weighted by Gasteiger charge is 2.27. The summed E-state index contributed by atoms with van der Waals surface area (Å²) in [4.78, 5) is 14.7. The maximum Gasteiger partial charge on any atom is 0.230 e. The number of rotatable bonds is 8. The van der Waals surface area contributed by atoms with Crippen LogP contribution in [0.1, 0.15) is 28.9 Å². The lowest BCUT2D eigenvalue weighted by atomic mass is 9.93. The molecule has 1 amide bonds. The smallest absolute Gasteiger partial charge is 0.230 e. The lowest BCUT2D eigenvalue weighted by Crippen LogP contribution is -2.35. The number of carbonyl (C=O) groups excluding carboxylic acids is 1. The average molecular weight is 397 g/mol. The predicted molar refractivity (Wildman–Crippen MR) is 107 cm³/mol. The first kappa shape index (κ1) is 20.6. The molecule has 0 radical (unpaired) electrons. The Morgan fingerprint density at radius 2 is 1.76 bits per heavy atom. The number of halogens is 1. The van der Waals surface area contributed by atoms with Gasteiger partial charge in [0, 0.05) is 13.5 Å². The second-order valence-electron chi connectivity index (χ2n) is 6.90. The maximum absolute atomic E-state index is 13.3. The van der Waals surface area contributed by atoms with Gasteiger partial charge in [-0.05, 0) is 47.5 Å². The number of hydrogen-bond donors (Lipinski definition) is 1. The van der Waals surface area contributed by atoms with Gasteiger partial charge in [0.1, 0.15) is 17.3 Å². The molecule has 3 rings (SSSR count). The van der Waals surface area contributed by atoms with Gasteiger partial charge < -0.3 is 19.2 Å². The molecule has 2 unspecified atom stereocenters. The largest absolute Gasteiger partial charge is 0.497 e. The Morgan fingerprint density at radius 1 is 1.10 bits per heavy atom. The third kappa shape index (κ3) is 5.23. The van der Waals surface area contributed by atoms with Gasteiger partial charge in [-0.3, -0.25) is 4.79 Å². The molecule has 152 valence electrons. The predicted octanol–water partition coefficient (Wildman–Crippen LogP) is 3.95. The minimum atomic E-state index is -0.840. The van der Waals surface area contributed by atoms with Crippen molar-refractivity contribution in [2.45, 2.75) is 18.4 Å². The number of hydrogen-bond acceptors (Lipinski definition) is 4. The van der Waals surface area contributed by atoms with Crippen LogP contribution in [0.25, 0.3) is 0 Å². The van der Waals surface area contributed by atoms with Crippen LogP contribution in [0.3, 0.4) is 0 Å². The molecule has 0 aliphatic carbocycles. The van der Waals surface area contributed by atoms with Crippen molar-refractivity contribution in [2.24, 2.45) is 0 Å². The Balaban J connectivity index is 1.75. The molecule has 0 saturated heterocycles. The number of aliphatic hydroxyl groups excluding tert-OH is 1. The van der Waals surface area contributed by atoms with Crippen LogP contribution >= 0.6 is 0 Å². The van der Waals surface area contributed by atoms with Crippen LogP contribution in [0.5, 0.6) is 5.75 Å². The number of amides is 1. The zero-order chi connectivity index (χ0) is 20.8. The van der Waals surface area contributed by atoms with Gasteiger partial charge in [0.15, 0.2) is 0 Å². The lowest BCUT2D eigenvalue weighted by molar-refractivity contribution is -0.132. The number of methoxy groups -OCH3 is 1. The third-order valence-corrected chi connectivity index (χ3v) is 4.88. The Labute approximate surface area is 169 Å². The van der Waals surface area contributed by atoms with Gasteiger partial charge in [0.2, 0.25) is 5.91 Å². The van der Waals surface area contributed by atoms with E-state index in [1.165, 1.54) is 17.0 Å². The van der Waals surface area contributed by atoms with E-state index in [1.807, 2.05) is 0 Å². The van der Waals surface area contributed by atoms with E-state index in [1.54, 1.807) is 69.0 Å². The number of furan rings is 1. The first-order valence-corrected chi connectivity index (χ1v) is 9.32. The second-order valence-corrected chi connectivity index (χ2v) is 6.90. The van der Waals surface area contributed by atoms with E-state index in [-0.39, 0.29) is 18.3 Å². The van der Waals surface area contributed by atoms with E-state index in [0.29, 0.717) is 29.1 Å². The molecule has 0 bridgehead atoms. The standard InChI is InChI=1S/C23H24FNO4/c1-25(15-22(26)17-7-11-19(28-2)12-8-17)23(27)21(14-20-4-3-13-29-20)16-5-9-18(24)10-6-16/h3-13,21-22,26H,14-15H2,1-2H3. The highest BCUT2D eigenvalue weighted by molar-refractivity contribution is 5.83. The minimum absolute atomic E-state index is 0.126. The van der Waals surface area contributed by atoms with Crippen molar-refractivity contribution in [3.8, 4) is 5.75 Å². The zero-order valence-corrected chi connectivity index (χ0v) is 16.4. The van der Waals surface area contributed by atoms with Crippen LogP contribution in [0.4, 0.5) is 4.39 Å². The fourth-order valence-corrected chi connectivity index (χ4v) is 3.22. The lowest BCUT2D eigenvalue weighted by Gasteiger charge is -2.26. The van der Waals surface area contributed by atoms with Gasteiger partial charge in [-0.2, -0.15) is 0 Å². The van der Waals surface area contributed by atoms with Crippen LogP contribution in [0, 0.1) is 5.82 Å². The third-order valence-electron chi connectivity index (χ3n) is 4.88. The van der Waals surface area contributed by atoms with Gasteiger partial charge in [-0.1, -0.05) is 24.3 Å². The molecule has 5 nitrogen and oxygen atoms in total. The molecule has 2 aromatic carbocycles. The quantitative estimate of drug-likeness (QED) is 0.625.